The van der Waals surface area contributed by atoms with Crippen LogP contribution in [0.5, 0.6) is 11.5 Å². The first-order valence-corrected chi connectivity index (χ1v) is 29.6. The van der Waals surface area contributed by atoms with Gasteiger partial charge in [0.05, 0.1) is 36.8 Å². The van der Waals surface area contributed by atoms with Gasteiger partial charge in [-0.3, -0.25) is 43.7 Å². The number of amides is 5. The molecule has 93 heavy (non-hydrogen) atoms. The van der Waals surface area contributed by atoms with E-state index < -0.39 is 133 Å². The number of benzene rings is 4. The number of nitrogens with one attached hydrogen (secondary N) is 5. The highest BCUT2D eigenvalue weighted by atomic mass is 16.7. The van der Waals surface area contributed by atoms with E-state index in [9.17, 15) is 58.1 Å². The third kappa shape index (κ3) is 18.8. The van der Waals surface area contributed by atoms with Gasteiger partial charge in [0, 0.05) is 76.7 Å². The van der Waals surface area contributed by atoms with Crippen LogP contribution in [0.15, 0.2) is 104 Å². The quantitative estimate of drug-likeness (QED) is 0.0113. The van der Waals surface area contributed by atoms with E-state index in [2.05, 4.69) is 33.2 Å². The van der Waals surface area contributed by atoms with Crippen LogP contribution in [0, 0.1) is 10.1 Å². The van der Waals surface area contributed by atoms with Gasteiger partial charge in [-0.25, -0.2) is 14.4 Å². The molecule has 10 atom stereocenters. The molecule has 1 aliphatic carbocycles. The Labute approximate surface area is 531 Å². The minimum atomic E-state index is -1.88. The normalized spacial score (nSPS) is 21.1. The van der Waals surface area contributed by atoms with Crippen LogP contribution in [0.3, 0.4) is 0 Å². The highest BCUT2D eigenvalue weighted by molar-refractivity contribution is 5.87. The first kappa shape index (κ1) is 68.9. The van der Waals surface area contributed by atoms with Crippen LogP contribution in [0.2, 0.25) is 0 Å². The molecule has 496 valence electrons. The number of nitro benzene ring substituents is 1. The lowest BCUT2D eigenvalue weighted by Gasteiger charge is -2.43. The number of aliphatic hydroxyl groups excluding tert-OH is 1. The number of fused-ring (bicyclic) bond motifs is 4. The number of alkyl carbamates (subject to hydrolysis) is 1. The van der Waals surface area contributed by atoms with Crippen molar-refractivity contribution in [1.29, 1.82) is 0 Å². The molecule has 30 nitrogen and oxygen atoms in total. The fraction of sp³-hybridized carbons (Fsp3) is 0.429. The average Bonchev–Trinajstić information content (AvgIpc) is 1.77. The van der Waals surface area contributed by atoms with Crippen molar-refractivity contribution in [2.24, 2.45) is 0 Å². The van der Waals surface area contributed by atoms with Crippen LogP contribution in [-0.2, 0) is 94.1 Å². The molecule has 4 aliphatic rings. The molecule has 0 unspecified atom stereocenters. The van der Waals surface area contributed by atoms with Crippen molar-refractivity contribution in [3.05, 3.63) is 136 Å². The zero-order chi connectivity index (χ0) is 66.7. The maximum Gasteiger partial charge on any atom is 0.514 e. The smallest absolute Gasteiger partial charge is 0.460 e. The van der Waals surface area contributed by atoms with Crippen molar-refractivity contribution >= 4 is 65.4 Å². The third-order valence-corrected chi connectivity index (χ3v) is 15.0. The molecule has 0 radical (unpaired) electrons. The number of esters is 4. The SMILES string of the molecule is C=CCOC(=O)[C@H]1O[C@@H](Oc2ccc(COC(=O)Oc3ccc([N+](=O)[O-])cc3)cc2CNC(=O)CCNC(=O)[C@H](CCCC(=O)N[C@H]2CO[C@H]3[C@@H]2OC[C@@H]3NC(=O)CCO)NC(=O)OCC2c3ccccc3-c3ccccc32)[C@H](OC(C)=O)[C@@H](OC(C)=O)[C@@H]1OC(C)=O. The van der Waals surface area contributed by atoms with Gasteiger partial charge in [-0.15, -0.1) is 0 Å². The van der Waals surface area contributed by atoms with Crippen LogP contribution in [0.1, 0.15) is 81.0 Å². The number of nitro groups is 1. The summed E-state index contributed by atoms with van der Waals surface area (Å²) >= 11 is 0. The second-order valence-electron chi connectivity index (χ2n) is 21.7. The summed E-state index contributed by atoms with van der Waals surface area (Å²) < 4.78 is 62.0. The van der Waals surface area contributed by atoms with E-state index in [1.807, 2.05) is 48.5 Å². The van der Waals surface area contributed by atoms with Crippen LogP contribution < -0.4 is 36.1 Å². The summed E-state index contributed by atoms with van der Waals surface area (Å²) in [5.74, 6) is -6.67. The standard InChI is InChI=1S/C63H70N6O24/c1-5-27-83-60(78)57-55(88-34(2)71)56(89-35(3)72)58(90-36(4)73)61(93-57)92-49-22-17-37(30-87-63(80)91-40-20-18-39(19-21-40)69(81)82)28-38(49)29-65-50(74)23-25-64-59(77)46(68-62(79)86-31-45-43-13-8-6-11-41(43)42-12-7-9-14-44(42)45)15-10-16-51(75)66-47-32-84-54-48(33-85-53(47)54)67-52(76)24-26-70/h5-9,11-14,17-22,28,45-48,53-58,61,70H,1,10,15-16,23-27,29-33H2,2-4H3,(H,64,77)(H,65,74)(H,66,75)(H,67,76)(H,68,79)/t46-,47-,48-,53+,54+,55-,56-,57-,58+,61+/m0/s1. The number of hydrogen-bond acceptors (Lipinski definition) is 24. The molecular weight excluding hydrogens is 1220 g/mol. The predicted molar refractivity (Wildman–Crippen MR) is 318 cm³/mol. The van der Waals surface area contributed by atoms with E-state index in [-0.39, 0.29) is 112 Å². The number of non-ortho nitro benzene ring substituents is 1. The molecule has 0 saturated carbocycles. The number of nitrogens with zero attached hydrogens (tertiary/aromatic N) is 1. The predicted octanol–water partition coefficient (Wildman–Crippen LogP) is 3.29. The van der Waals surface area contributed by atoms with E-state index in [0.29, 0.717) is 0 Å². The van der Waals surface area contributed by atoms with Crippen molar-refractivity contribution in [2.45, 2.75) is 133 Å². The lowest BCUT2D eigenvalue weighted by atomic mass is 9.97. The number of rotatable bonds is 29. The van der Waals surface area contributed by atoms with Crippen molar-refractivity contribution < 1.29 is 110 Å². The minimum absolute atomic E-state index is 0.0677. The van der Waals surface area contributed by atoms with Gasteiger partial charge in [-0.2, -0.15) is 0 Å². The van der Waals surface area contributed by atoms with Gasteiger partial charge in [-0.1, -0.05) is 67.3 Å². The number of carbonyl (C=O) groups excluding carboxylic acids is 10. The fourth-order valence-corrected chi connectivity index (χ4v) is 10.9. The van der Waals surface area contributed by atoms with Crippen molar-refractivity contribution in [1.82, 2.24) is 26.6 Å². The van der Waals surface area contributed by atoms with Crippen molar-refractivity contribution in [3.8, 4) is 22.6 Å². The molecule has 30 heteroatoms. The molecule has 6 N–H and O–H groups in total. The highest BCUT2D eigenvalue weighted by Crippen LogP contribution is 2.44. The van der Waals surface area contributed by atoms with Crippen LogP contribution in [0.25, 0.3) is 11.1 Å². The second-order valence-corrected chi connectivity index (χ2v) is 21.7. The largest absolute Gasteiger partial charge is 0.514 e. The van der Waals surface area contributed by atoms with E-state index in [1.54, 1.807) is 0 Å². The summed E-state index contributed by atoms with van der Waals surface area (Å²) in [6.07, 6.45) is -11.5. The molecule has 8 rings (SSSR count). The number of hydrogen-bond donors (Lipinski definition) is 6. The van der Waals surface area contributed by atoms with Crippen LogP contribution in [0.4, 0.5) is 15.3 Å². The monoisotopic (exact) mass is 1290 g/mol. The molecule has 3 aliphatic heterocycles. The van der Waals surface area contributed by atoms with E-state index in [4.69, 9.17) is 57.2 Å². The molecule has 3 heterocycles. The summed E-state index contributed by atoms with van der Waals surface area (Å²) in [7, 11) is 0. The Hall–Kier alpha value is -10.0. The Morgan fingerprint density at radius 3 is 1.95 bits per heavy atom. The number of carbonyl (C=O) groups is 10. The zero-order valence-corrected chi connectivity index (χ0v) is 50.8. The Morgan fingerprint density at radius 1 is 0.720 bits per heavy atom. The van der Waals surface area contributed by atoms with Gasteiger partial charge < -0.3 is 83.8 Å². The highest BCUT2D eigenvalue weighted by Gasteiger charge is 2.56. The van der Waals surface area contributed by atoms with E-state index in [1.165, 1.54) is 36.4 Å². The molecule has 0 bridgehead atoms. The first-order valence-electron chi connectivity index (χ1n) is 29.6. The fourth-order valence-electron chi connectivity index (χ4n) is 10.9. The van der Waals surface area contributed by atoms with Crippen LogP contribution in [-0.4, -0.2) is 170 Å². The van der Waals surface area contributed by atoms with Gasteiger partial charge in [0.2, 0.25) is 36.0 Å². The minimum Gasteiger partial charge on any atom is -0.460 e. The van der Waals surface area contributed by atoms with Gasteiger partial charge in [-0.05, 0) is 64.9 Å². The molecule has 5 amide bonds. The average molecular weight is 1300 g/mol. The summed E-state index contributed by atoms with van der Waals surface area (Å²) in [5.41, 5.74) is 4.00. The second kappa shape index (κ2) is 32.8. The lowest BCUT2D eigenvalue weighted by Crippen LogP contribution is -2.64. The van der Waals surface area contributed by atoms with Gasteiger partial charge in [0.1, 0.15) is 49.6 Å². The molecule has 3 saturated heterocycles. The molecule has 3 fully saturated rings. The van der Waals surface area contributed by atoms with Crippen LogP contribution >= 0.6 is 0 Å². The Kier molecular flexibility index (Phi) is 24.3. The summed E-state index contributed by atoms with van der Waals surface area (Å²) in [6, 6.07) is 21.9. The van der Waals surface area contributed by atoms with Gasteiger partial charge in [0.25, 0.3) is 5.69 Å². The Bertz CT molecular complexity index is 3370. The molecule has 0 aromatic heterocycles. The molecule has 4 aromatic rings. The van der Waals surface area contributed by atoms with E-state index >= 15 is 0 Å². The molecule has 4 aromatic carbocycles. The van der Waals surface area contributed by atoms with Gasteiger partial charge >= 0.3 is 36.1 Å². The summed E-state index contributed by atoms with van der Waals surface area (Å²) in [4.78, 5) is 141. The summed E-state index contributed by atoms with van der Waals surface area (Å²) in [6.45, 7) is 4.87. The lowest BCUT2D eigenvalue weighted by molar-refractivity contribution is -0.384. The number of aliphatic hydroxyl groups is 1. The maximum atomic E-state index is 14.0. The van der Waals surface area contributed by atoms with E-state index in [0.717, 1.165) is 55.2 Å². The Balaban J connectivity index is 0.951. The maximum absolute atomic E-state index is 14.0. The first-order chi connectivity index (χ1) is 44.7. The molecular formula is C63H70N6O24. The summed E-state index contributed by atoms with van der Waals surface area (Å²) in [5, 5.41) is 33.9. The van der Waals surface area contributed by atoms with Crippen molar-refractivity contribution in [3.63, 3.8) is 0 Å². The third-order valence-electron chi connectivity index (χ3n) is 15.0. The van der Waals surface area contributed by atoms with Crippen molar-refractivity contribution in [2.75, 3.05) is 39.6 Å². The number of ether oxygens (including phenoxy) is 11. The topological polar surface area (TPSA) is 396 Å². The zero-order valence-electron chi connectivity index (χ0n) is 50.8. The van der Waals surface area contributed by atoms with Gasteiger partial charge in [0.15, 0.2) is 18.3 Å². The Morgan fingerprint density at radius 2 is 1.33 bits per heavy atom. The molecule has 0 spiro atoms.